The summed E-state index contributed by atoms with van der Waals surface area (Å²) >= 11 is 13.6. The van der Waals surface area contributed by atoms with Crippen LogP contribution in [-0.4, -0.2) is 24.2 Å². The van der Waals surface area contributed by atoms with E-state index in [1.165, 1.54) is 18.9 Å². The highest BCUT2D eigenvalue weighted by molar-refractivity contribution is 7.99. The van der Waals surface area contributed by atoms with Crippen molar-refractivity contribution < 1.29 is 14.3 Å². The van der Waals surface area contributed by atoms with Gasteiger partial charge in [-0.1, -0.05) is 41.4 Å². The molecule has 0 saturated heterocycles. The highest BCUT2D eigenvalue weighted by atomic mass is 35.5. The first-order chi connectivity index (χ1) is 11.9. The average molecular weight is 398 g/mol. The van der Waals surface area contributed by atoms with Crippen molar-refractivity contribution in [2.45, 2.75) is 17.9 Å². The molecule has 0 aliphatic heterocycles. The van der Waals surface area contributed by atoms with E-state index in [2.05, 4.69) is 5.32 Å². The molecule has 1 atom stereocenters. The minimum absolute atomic E-state index is 0.191. The Hall–Kier alpha value is -1.69. The molecule has 7 heteroatoms. The first-order valence-corrected chi connectivity index (χ1v) is 9.26. The van der Waals surface area contributed by atoms with Crippen LogP contribution in [0.3, 0.4) is 0 Å². The predicted octanol–water partition coefficient (Wildman–Crippen LogP) is 5.04. The number of hydrogen-bond acceptors (Lipinski definition) is 4. The maximum atomic E-state index is 12.3. The molecule has 0 aliphatic rings. The summed E-state index contributed by atoms with van der Waals surface area (Å²) in [5, 5.41) is 3.22. The van der Waals surface area contributed by atoms with Gasteiger partial charge in [-0.05, 0) is 36.8 Å². The van der Waals surface area contributed by atoms with Crippen LogP contribution in [0.5, 0.6) is 0 Å². The number of halogens is 2. The number of ether oxygens (including phenoxy) is 1. The van der Waals surface area contributed by atoms with Gasteiger partial charge in [-0.3, -0.25) is 4.79 Å². The lowest BCUT2D eigenvalue weighted by atomic mass is 10.1. The Kier molecular flexibility index (Phi) is 7.17. The first-order valence-electron chi connectivity index (χ1n) is 7.46. The molecular weight excluding hydrogens is 381 g/mol. The molecule has 25 heavy (non-hydrogen) atoms. The summed E-state index contributed by atoms with van der Waals surface area (Å²) in [5.74, 6) is 0.00508. The van der Waals surface area contributed by atoms with Crippen molar-refractivity contribution in [2.75, 3.05) is 12.4 Å². The smallest absolute Gasteiger partial charge is 0.337 e. The number of rotatable bonds is 6. The molecule has 1 unspecified atom stereocenters. The Morgan fingerprint density at radius 2 is 1.80 bits per heavy atom. The Labute approximate surface area is 160 Å². The first kappa shape index (κ1) is 19.6. The van der Waals surface area contributed by atoms with Crippen molar-refractivity contribution in [1.82, 2.24) is 0 Å². The zero-order chi connectivity index (χ0) is 18.4. The quantitative estimate of drug-likeness (QED) is 0.693. The van der Waals surface area contributed by atoms with Gasteiger partial charge in [0.15, 0.2) is 0 Å². The number of benzene rings is 2. The summed E-state index contributed by atoms with van der Waals surface area (Å²) in [6.45, 7) is 1.80. The number of carbonyl (C=O) groups is 2. The van der Waals surface area contributed by atoms with Gasteiger partial charge < -0.3 is 10.1 Å². The SMILES string of the molecule is COC(=O)c1cccc(CSC(C)C(=O)Nc2c(Cl)cccc2Cl)c1. The average Bonchev–Trinajstić information content (AvgIpc) is 2.62. The van der Waals surface area contributed by atoms with E-state index in [0.717, 1.165) is 5.56 Å². The molecule has 2 aromatic rings. The van der Waals surface area contributed by atoms with Gasteiger partial charge in [0.05, 0.1) is 33.7 Å². The number of methoxy groups -OCH3 is 1. The number of esters is 1. The summed E-state index contributed by atoms with van der Waals surface area (Å²) in [6.07, 6.45) is 0. The largest absolute Gasteiger partial charge is 0.465 e. The molecule has 0 aliphatic carbocycles. The minimum Gasteiger partial charge on any atom is -0.465 e. The number of para-hydroxylation sites is 1. The molecule has 0 fully saturated rings. The van der Waals surface area contributed by atoms with Gasteiger partial charge in [-0.25, -0.2) is 4.79 Å². The van der Waals surface area contributed by atoms with Crippen LogP contribution >= 0.6 is 35.0 Å². The maximum Gasteiger partial charge on any atom is 0.337 e. The summed E-state index contributed by atoms with van der Waals surface area (Å²) in [4.78, 5) is 23.9. The van der Waals surface area contributed by atoms with Gasteiger partial charge in [-0.2, -0.15) is 0 Å². The summed E-state index contributed by atoms with van der Waals surface area (Å²) in [5.41, 5.74) is 1.83. The van der Waals surface area contributed by atoms with E-state index < -0.39 is 0 Å². The topological polar surface area (TPSA) is 55.4 Å². The fourth-order valence-corrected chi connectivity index (χ4v) is 3.37. The fourth-order valence-electron chi connectivity index (χ4n) is 2.04. The van der Waals surface area contributed by atoms with Crippen molar-refractivity contribution in [3.05, 3.63) is 63.6 Å². The van der Waals surface area contributed by atoms with Crippen LogP contribution in [0.4, 0.5) is 5.69 Å². The van der Waals surface area contributed by atoms with Crippen LogP contribution in [0.25, 0.3) is 0 Å². The fraction of sp³-hybridized carbons (Fsp3) is 0.222. The highest BCUT2D eigenvalue weighted by Gasteiger charge is 2.17. The molecule has 2 rings (SSSR count). The van der Waals surface area contributed by atoms with Crippen molar-refractivity contribution in [3.63, 3.8) is 0 Å². The third-order valence-corrected chi connectivity index (χ3v) is 5.27. The van der Waals surface area contributed by atoms with Crippen LogP contribution in [-0.2, 0) is 15.3 Å². The molecule has 1 amide bonds. The lowest BCUT2D eigenvalue weighted by molar-refractivity contribution is -0.115. The Morgan fingerprint density at radius 3 is 2.44 bits per heavy atom. The van der Waals surface area contributed by atoms with E-state index in [1.807, 2.05) is 6.07 Å². The molecule has 0 radical (unpaired) electrons. The lowest BCUT2D eigenvalue weighted by Crippen LogP contribution is -2.23. The highest BCUT2D eigenvalue weighted by Crippen LogP contribution is 2.30. The second kappa shape index (κ2) is 9.13. The second-order valence-electron chi connectivity index (χ2n) is 5.23. The van der Waals surface area contributed by atoms with Gasteiger partial charge in [0, 0.05) is 5.75 Å². The number of carbonyl (C=O) groups excluding carboxylic acids is 2. The zero-order valence-electron chi connectivity index (χ0n) is 13.7. The van der Waals surface area contributed by atoms with Gasteiger partial charge in [0.1, 0.15) is 0 Å². The van der Waals surface area contributed by atoms with Crippen LogP contribution < -0.4 is 5.32 Å². The number of anilines is 1. The van der Waals surface area contributed by atoms with Gasteiger partial charge in [-0.15, -0.1) is 11.8 Å². The molecular formula is C18H17Cl2NO3S. The van der Waals surface area contributed by atoms with E-state index in [4.69, 9.17) is 27.9 Å². The third kappa shape index (κ3) is 5.39. The van der Waals surface area contributed by atoms with Crippen LogP contribution in [0.15, 0.2) is 42.5 Å². The second-order valence-corrected chi connectivity index (χ2v) is 7.37. The van der Waals surface area contributed by atoms with E-state index in [0.29, 0.717) is 27.0 Å². The number of amides is 1. The van der Waals surface area contributed by atoms with Gasteiger partial charge >= 0.3 is 5.97 Å². The molecule has 4 nitrogen and oxygen atoms in total. The molecule has 0 bridgehead atoms. The van der Waals surface area contributed by atoms with Crippen molar-refractivity contribution >= 4 is 52.5 Å². The number of nitrogens with one attached hydrogen (secondary N) is 1. The van der Waals surface area contributed by atoms with Crippen LogP contribution in [0.2, 0.25) is 10.0 Å². The van der Waals surface area contributed by atoms with Gasteiger partial charge in [0.2, 0.25) is 5.91 Å². The molecule has 0 saturated carbocycles. The summed E-state index contributed by atoms with van der Waals surface area (Å²) in [6, 6.07) is 12.2. The molecule has 132 valence electrons. The predicted molar refractivity (Wildman–Crippen MR) is 104 cm³/mol. The van der Waals surface area contributed by atoms with E-state index >= 15 is 0 Å². The normalized spacial score (nSPS) is 11.7. The van der Waals surface area contributed by atoms with E-state index in [1.54, 1.807) is 43.3 Å². The summed E-state index contributed by atoms with van der Waals surface area (Å²) in [7, 11) is 1.34. The van der Waals surface area contributed by atoms with Crippen LogP contribution in [0, 0.1) is 0 Å². The Bertz CT molecular complexity index is 762. The Balaban J connectivity index is 1.97. The molecule has 1 N–H and O–H groups in total. The third-order valence-electron chi connectivity index (χ3n) is 3.43. The van der Waals surface area contributed by atoms with Crippen molar-refractivity contribution in [2.24, 2.45) is 0 Å². The van der Waals surface area contributed by atoms with Gasteiger partial charge in [0.25, 0.3) is 0 Å². The van der Waals surface area contributed by atoms with E-state index in [9.17, 15) is 9.59 Å². The monoisotopic (exact) mass is 397 g/mol. The molecule has 0 spiro atoms. The standard InChI is InChI=1S/C18H17Cl2NO3S/c1-11(17(22)21-16-14(19)7-4-8-15(16)20)25-10-12-5-3-6-13(9-12)18(23)24-2/h3-9,11H,10H2,1-2H3,(H,21,22). The molecule has 0 aromatic heterocycles. The lowest BCUT2D eigenvalue weighted by Gasteiger charge is -2.14. The van der Waals surface area contributed by atoms with E-state index in [-0.39, 0.29) is 17.1 Å². The number of thioether (sulfide) groups is 1. The van der Waals surface area contributed by atoms with Crippen molar-refractivity contribution in [1.29, 1.82) is 0 Å². The Morgan fingerprint density at radius 1 is 1.16 bits per heavy atom. The minimum atomic E-state index is -0.383. The zero-order valence-corrected chi connectivity index (χ0v) is 16.0. The summed E-state index contributed by atoms with van der Waals surface area (Å²) < 4.78 is 4.71. The molecule has 2 aromatic carbocycles. The van der Waals surface area contributed by atoms with Crippen LogP contribution in [0.1, 0.15) is 22.8 Å². The maximum absolute atomic E-state index is 12.3. The number of hydrogen-bond donors (Lipinski definition) is 1. The molecule has 0 heterocycles. The van der Waals surface area contributed by atoms with Crippen molar-refractivity contribution in [3.8, 4) is 0 Å².